The predicted molar refractivity (Wildman–Crippen MR) is 53.7 cm³/mol. The zero-order valence-electron chi connectivity index (χ0n) is 7.21. The Morgan fingerprint density at radius 1 is 1.25 bits per heavy atom. The van der Waals surface area contributed by atoms with Crippen molar-refractivity contribution in [3.05, 3.63) is 35.4 Å². The molecular weight excluding hydrogens is 170 g/mol. The topological polar surface area (TPSA) is 12.0 Å². The molecule has 1 aromatic rings. The molecule has 0 aliphatic carbocycles. The van der Waals surface area contributed by atoms with Crippen LogP contribution in [0.3, 0.4) is 0 Å². The van der Waals surface area contributed by atoms with Crippen LogP contribution >= 0.6 is 12.4 Å². The van der Waals surface area contributed by atoms with E-state index in [1.807, 2.05) is 0 Å². The maximum absolute atomic E-state index is 3.44. The van der Waals surface area contributed by atoms with Gasteiger partial charge in [0.05, 0.1) is 0 Å². The number of benzene rings is 1. The van der Waals surface area contributed by atoms with Crippen LogP contribution in [0.5, 0.6) is 0 Å². The number of rotatable bonds is 0. The molecule has 1 aliphatic heterocycles. The van der Waals surface area contributed by atoms with E-state index in [4.69, 9.17) is 0 Å². The van der Waals surface area contributed by atoms with Gasteiger partial charge in [0.2, 0.25) is 0 Å². The summed E-state index contributed by atoms with van der Waals surface area (Å²) in [6, 6.07) is 9.30. The first-order valence-electron chi connectivity index (χ1n) is 4.16. The molecule has 1 N–H and O–H groups in total. The number of halogens is 1. The molecule has 0 spiro atoms. The van der Waals surface area contributed by atoms with Gasteiger partial charge in [-0.25, -0.2) is 0 Å². The molecule has 1 atom stereocenters. The molecule has 1 heterocycles. The van der Waals surface area contributed by atoms with E-state index < -0.39 is 0 Å². The van der Waals surface area contributed by atoms with Crippen molar-refractivity contribution in [3.63, 3.8) is 0 Å². The summed E-state index contributed by atoms with van der Waals surface area (Å²) < 4.78 is 0. The van der Waals surface area contributed by atoms with E-state index in [0.29, 0.717) is 6.04 Å². The molecule has 0 amide bonds. The maximum Gasteiger partial charge on any atom is 0.0210 e. The number of hydrogen-bond acceptors (Lipinski definition) is 1. The van der Waals surface area contributed by atoms with Crippen molar-refractivity contribution < 1.29 is 0 Å². The average Bonchev–Trinajstić information content (AvgIpc) is 2.04. The van der Waals surface area contributed by atoms with Crippen LogP contribution in [-0.2, 0) is 13.0 Å². The van der Waals surface area contributed by atoms with Gasteiger partial charge in [0.15, 0.2) is 0 Å². The molecule has 0 bridgehead atoms. The van der Waals surface area contributed by atoms with Crippen LogP contribution in [0.15, 0.2) is 24.3 Å². The minimum atomic E-state index is 0. The molecule has 2 heteroatoms. The van der Waals surface area contributed by atoms with Crippen molar-refractivity contribution in [2.45, 2.75) is 25.9 Å². The van der Waals surface area contributed by atoms with Crippen LogP contribution in [0.25, 0.3) is 0 Å². The summed E-state index contributed by atoms with van der Waals surface area (Å²) in [5.74, 6) is 0. The number of nitrogens with one attached hydrogen (secondary N) is 1. The highest BCUT2D eigenvalue weighted by Gasteiger charge is 2.12. The van der Waals surface area contributed by atoms with Crippen molar-refractivity contribution in [1.29, 1.82) is 0 Å². The summed E-state index contributed by atoms with van der Waals surface area (Å²) in [5.41, 5.74) is 2.98. The molecule has 0 fully saturated rings. The van der Waals surface area contributed by atoms with Gasteiger partial charge in [-0.15, -0.1) is 12.4 Å². The SMILES string of the molecule is CC1Cc2ccccc2CN1.Cl. The fraction of sp³-hybridized carbons (Fsp3) is 0.400. The average molecular weight is 184 g/mol. The van der Waals surface area contributed by atoms with Crippen LogP contribution in [0.2, 0.25) is 0 Å². The second-order valence-corrected chi connectivity index (χ2v) is 3.25. The van der Waals surface area contributed by atoms with Gasteiger partial charge in [0, 0.05) is 12.6 Å². The van der Waals surface area contributed by atoms with Crippen molar-refractivity contribution in [1.82, 2.24) is 5.32 Å². The third-order valence-corrected chi connectivity index (χ3v) is 2.29. The maximum atomic E-state index is 3.44. The molecule has 1 aromatic carbocycles. The standard InChI is InChI=1S/C10H13N.ClH/c1-8-6-9-4-2-3-5-10(9)7-11-8;/h2-5,8,11H,6-7H2,1H3;1H. The summed E-state index contributed by atoms with van der Waals surface area (Å²) in [6.45, 7) is 3.27. The monoisotopic (exact) mass is 183 g/mol. The Hall–Kier alpha value is -0.530. The lowest BCUT2D eigenvalue weighted by atomic mass is 9.97. The van der Waals surface area contributed by atoms with Gasteiger partial charge in [-0.3, -0.25) is 0 Å². The minimum absolute atomic E-state index is 0. The van der Waals surface area contributed by atoms with Crippen molar-refractivity contribution in [2.75, 3.05) is 0 Å². The Morgan fingerprint density at radius 2 is 1.92 bits per heavy atom. The van der Waals surface area contributed by atoms with Crippen molar-refractivity contribution in [3.8, 4) is 0 Å². The molecule has 0 radical (unpaired) electrons. The van der Waals surface area contributed by atoms with E-state index in [0.717, 1.165) is 6.54 Å². The minimum Gasteiger partial charge on any atom is -0.310 e. The highest BCUT2D eigenvalue weighted by Crippen LogP contribution is 2.15. The van der Waals surface area contributed by atoms with E-state index in [9.17, 15) is 0 Å². The lowest BCUT2D eigenvalue weighted by Gasteiger charge is -2.22. The highest BCUT2D eigenvalue weighted by atomic mass is 35.5. The summed E-state index contributed by atoms with van der Waals surface area (Å²) in [6.07, 6.45) is 1.18. The van der Waals surface area contributed by atoms with Crippen LogP contribution < -0.4 is 5.32 Å². The fourth-order valence-electron chi connectivity index (χ4n) is 1.62. The molecule has 0 saturated heterocycles. The number of fused-ring (bicyclic) bond motifs is 1. The Morgan fingerprint density at radius 3 is 2.67 bits per heavy atom. The lowest BCUT2D eigenvalue weighted by molar-refractivity contribution is 0.513. The second kappa shape index (κ2) is 3.92. The van der Waals surface area contributed by atoms with E-state index in [-0.39, 0.29) is 12.4 Å². The largest absolute Gasteiger partial charge is 0.310 e. The molecule has 12 heavy (non-hydrogen) atoms. The van der Waals surface area contributed by atoms with Gasteiger partial charge in [-0.1, -0.05) is 24.3 Å². The van der Waals surface area contributed by atoms with Gasteiger partial charge in [0.1, 0.15) is 0 Å². The van der Waals surface area contributed by atoms with Gasteiger partial charge in [0.25, 0.3) is 0 Å². The van der Waals surface area contributed by atoms with Gasteiger partial charge >= 0.3 is 0 Å². The molecule has 66 valence electrons. The first-order valence-corrected chi connectivity index (χ1v) is 4.16. The second-order valence-electron chi connectivity index (χ2n) is 3.25. The van der Waals surface area contributed by atoms with Gasteiger partial charge in [-0.2, -0.15) is 0 Å². The molecule has 0 saturated carbocycles. The van der Waals surface area contributed by atoms with Crippen LogP contribution in [0, 0.1) is 0 Å². The Labute approximate surface area is 79.6 Å². The zero-order chi connectivity index (χ0) is 7.68. The van der Waals surface area contributed by atoms with E-state index in [2.05, 4.69) is 36.5 Å². The van der Waals surface area contributed by atoms with E-state index in [1.54, 1.807) is 0 Å². The summed E-state index contributed by atoms with van der Waals surface area (Å²) in [5, 5.41) is 3.44. The first kappa shape index (κ1) is 9.56. The predicted octanol–water partition coefficient (Wildman–Crippen LogP) is 2.14. The smallest absolute Gasteiger partial charge is 0.0210 e. The molecule has 0 aromatic heterocycles. The summed E-state index contributed by atoms with van der Waals surface area (Å²) in [4.78, 5) is 0. The Balaban J connectivity index is 0.000000720. The molecule has 2 rings (SSSR count). The van der Waals surface area contributed by atoms with Crippen LogP contribution in [0.4, 0.5) is 0 Å². The highest BCUT2D eigenvalue weighted by molar-refractivity contribution is 5.85. The van der Waals surface area contributed by atoms with Crippen LogP contribution in [0.1, 0.15) is 18.1 Å². The first-order chi connectivity index (χ1) is 5.36. The van der Waals surface area contributed by atoms with E-state index in [1.165, 1.54) is 17.5 Å². The Bertz CT molecular complexity index is 260. The van der Waals surface area contributed by atoms with E-state index >= 15 is 0 Å². The van der Waals surface area contributed by atoms with Crippen LogP contribution in [-0.4, -0.2) is 6.04 Å². The molecule has 1 nitrogen and oxygen atoms in total. The van der Waals surface area contributed by atoms with Crippen molar-refractivity contribution in [2.24, 2.45) is 0 Å². The molecular formula is C10H14ClN. The Kier molecular flexibility index (Phi) is 3.12. The molecule has 1 unspecified atom stereocenters. The fourth-order valence-corrected chi connectivity index (χ4v) is 1.62. The van der Waals surface area contributed by atoms with Crippen molar-refractivity contribution >= 4 is 12.4 Å². The lowest BCUT2D eigenvalue weighted by Crippen LogP contribution is -2.32. The quantitative estimate of drug-likeness (QED) is 0.650. The normalized spacial score (nSPS) is 20.9. The van der Waals surface area contributed by atoms with Gasteiger partial charge < -0.3 is 5.32 Å². The third kappa shape index (κ3) is 1.79. The summed E-state index contributed by atoms with van der Waals surface area (Å²) >= 11 is 0. The summed E-state index contributed by atoms with van der Waals surface area (Å²) in [7, 11) is 0. The number of hydrogen-bond donors (Lipinski definition) is 1. The zero-order valence-corrected chi connectivity index (χ0v) is 8.03. The third-order valence-electron chi connectivity index (χ3n) is 2.29. The van der Waals surface area contributed by atoms with Gasteiger partial charge in [-0.05, 0) is 24.5 Å². The molecule has 1 aliphatic rings.